The number of hydrogen-bond acceptors (Lipinski definition) is 4. The maximum atomic E-state index is 4.31. The van der Waals surface area contributed by atoms with Gasteiger partial charge in [-0.25, -0.2) is 0 Å². The summed E-state index contributed by atoms with van der Waals surface area (Å²) in [6.45, 7) is 6.11. The minimum absolute atomic E-state index is 0.204. The van der Waals surface area contributed by atoms with Crippen molar-refractivity contribution in [3.8, 4) is 0 Å². The second kappa shape index (κ2) is 5.34. The molecule has 1 aromatic rings. The highest BCUT2D eigenvalue weighted by Gasteiger charge is 2.15. The van der Waals surface area contributed by atoms with Crippen molar-refractivity contribution in [3.63, 3.8) is 0 Å². The van der Waals surface area contributed by atoms with Crippen molar-refractivity contribution in [1.29, 1.82) is 0 Å². The standard InChI is InChI=1S/C13H20N4/c1-9(2)14-16-13-10(3)11-7-5-4-6-8-12(11)15-17-13/h9H,4-8H2,1-3H3. The average molecular weight is 232 g/mol. The van der Waals surface area contributed by atoms with Gasteiger partial charge in [0.05, 0.1) is 11.7 Å². The Morgan fingerprint density at radius 2 is 1.82 bits per heavy atom. The van der Waals surface area contributed by atoms with E-state index in [0.717, 1.165) is 12.8 Å². The zero-order valence-electron chi connectivity index (χ0n) is 10.9. The summed E-state index contributed by atoms with van der Waals surface area (Å²) in [6.07, 6.45) is 5.94. The molecule has 92 valence electrons. The van der Waals surface area contributed by atoms with Crippen LogP contribution in [0.5, 0.6) is 0 Å². The van der Waals surface area contributed by atoms with Crippen molar-refractivity contribution >= 4 is 5.82 Å². The van der Waals surface area contributed by atoms with Crippen molar-refractivity contribution in [2.24, 2.45) is 10.2 Å². The third kappa shape index (κ3) is 2.87. The van der Waals surface area contributed by atoms with Gasteiger partial charge in [0.1, 0.15) is 0 Å². The van der Waals surface area contributed by atoms with Gasteiger partial charge in [-0.05, 0) is 52.0 Å². The van der Waals surface area contributed by atoms with E-state index in [9.17, 15) is 0 Å². The first kappa shape index (κ1) is 12.1. The number of nitrogens with zero attached hydrogens (tertiary/aromatic N) is 4. The number of aromatic nitrogens is 2. The number of hydrogen-bond donors (Lipinski definition) is 0. The second-order valence-electron chi connectivity index (χ2n) is 4.94. The molecule has 17 heavy (non-hydrogen) atoms. The van der Waals surface area contributed by atoms with Crippen LogP contribution in [0, 0.1) is 6.92 Å². The van der Waals surface area contributed by atoms with Gasteiger partial charge in [-0.15, -0.1) is 10.2 Å². The molecule has 0 saturated heterocycles. The summed E-state index contributed by atoms with van der Waals surface area (Å²) < 4.78 is 0. The molecule has 4 nitrogen and oxygen atoms in total. The van der Waals surface area contributed by atoms with E-state index >= 15 is 0 Å². The first-order valence-corrected chi connectivity index (χ1v) is 6.44. The van der Waals surface area contributed by atoms with E-state index < -0.39 is 0 Å². The molecule has 0 N–H and O–H groups in total. The summed E-state index contributed by atoms with van der Waals surface area (Å²) in [5.74, 6) is 0.694. The molecular formula is C13H20N4. The number of rotatable bonds is 2. The molecule has 4 heteroatoms. The zero-order chi connectivity index (χ0) is 12.3. The topological polar surface area (TPSA) is 50.5 Å². The van der Waals surface area contributed by atoms with Crippen LogP contribution in [0.25, 0.3) is 0 Å². The van der Waals surface area contributed by atoms with Gasteiger partial charge in [0, 0.05) is 5.56 Å². The molecule has 1 aliphatic rings. The Morgan fingerprint density at radius 1 is 1.06 bits per heavy atom. The highest BCUT2D eigenvalue weighted by Crippen LogP contribution is 2.26. The van der Waals surface area contributed by atoms with Crippen molar-refractivity contribution in [2.75, 3.05) is 0 Å². The lowest BCUT2D eigenvalue weighted by atomic mass is 10.0. The summed E-state index contributed by atoms with van der Waals surface area (Å²) in [7, 11) is 0. The largest absolute Gasteiger partial charge is 0.199 e. The molecule has 0 amide bonds. The minimum atomic E-state index is 0.204. The van der Waals surface area contributed by atoms with Gasteiger partial charge in [-0.2, -0.15) is 10.2 Å². The maximum Gasteiger partial charge on any atom is 0.199 e. The van der Waals surface area contributed by atoms with Crippen LogP contribution >= 0.6 is 0 Å². The van der Waals surface area contributed by atoms with E-state index in [0.29, 0.717) is 5.82 Å². The summed E-state index contributed by atoms with van der Waals surface area (Å²) >= 11 is 0. The van der Waals surface area contributed by atoms with Gasteiger partial charge in [0.2, 0.25) is 0 Å². The molecule has 0 atom stereocenters. The first-order valence-electron chi connectivity index (χ1n) is 6.44. The monoisotopic (exact) mass is 232 g/mol. The fourth-order valence-electron chi connectivity index (χ4n) is 2.16. The van der Waals surface area contributed by atoms with Crippen LogP contribution in [0.2, 0.25) is 0 Å². The fourth-order valence-corrected chi connectivity index (χ4v) is 2.16. The van der Waals surface area contributed by atoms with Gasteiger partial charge in [0.15, 0.2) is 5.82 Å². The SMILES string of the molecule is Cc1c(N=NC(C)C)nnc2c1CCCCC2. The van der Waals surface area contributed by atoms with Crippen molar-refractivity contribution < 1.29 is 0 Å². The molecule has 0 spiro atoms. The molecule has 0 aromatic carbocycles. The van der Waals surface area contributed by atoms with Gasteiger partial charge in [-0.3, -0.25) is 0 Å². The first-order chi connectivity index (χ1) is 8.18. The summed E-state index contributed by atoms with van der Waals surface area (Å²) in [5.41, 5.74) is 3.69. The Hall–Kier alpha value is -1.32. The lowest BCUT2D eigenvalue weighted by molar-refractivity contribution is 0.706. The van der Waals surface area contributed by atoms with E-state index in [1.807, 2.05) is 13.8 Å². The molecule has 0 unspecified atom stereocenters. The molecule has 0 saturated carbocycles. The maximum absolute atomic E-state index is 4.31. The van der Waals surface area contributed by atoms with E-state index in [4.69, 9.17) is 0 Å². The molecule has 0 radical (unpaired) electrons. The Bertz CT molecular complexity index is 424. The predicted molar refractivity (Wildman–Crippen MR) is 67.7 cm³/mol. The predicted octanol–water partition coefficient (Wildman–Crippen LogP) is 3.55. The van der Waals surface area contributed by atoms with E-state index in [-0.39, 0.29) is 6.04 Å². The third-order valence-corrected chi connectivity index (χ3v) is 3.13. The summed E-state index contributed by atoms with van der Waals surface area (Å²) in [6, 6.07) is 0.204. The zero-order valence-corrected chi connectivity index (χ0v) is 10.9. The van der Waals surface area contributed by atoms with Crippen molar-refractivity contribution in [1.82, 2.24) is 10.2 Å². The van der Waals surface area contributed by atoms with Gasteiger partial charge in [0.25, 0.3) is 0 Å². The molecule has 1 aromatic heterocycles. The van der Waals surface area contributed by atoms with Crippen molar-refractivity contribution in [2.45, 2.75) is 58.9 Å². The lowest BCUT2D eigenvalue weighted by Crippen LogP contribution is -2.01. The average Bonchev–Trinajstić information content (AvgIpc) is 2.53. The van der Waals surface area contributed by atoms with E-state index in [1.54, 1.807) is 0 Å². The van der Waals surface area contributed by atoms with Crippen LogP contribution in [0.15, 0.2) is 10.2 Å². The van der Waals surface area contributed by atoms with Crippen LogP contribution < -0.4 is 0 Å². The van der Waals surface area contributed by atoms with Crippen LogP contribution in [0.4, 0.5) is 5.82 Å². The number of fused-ring (bicyclic) bond motifs is 1. The van der Waals surface area contributed by atoms with E-state index in [2.05, 4.69) is 27.3 Å². The van der Waals surface area contributed by atoms with Gasteiger partial charge < -0.3 is 0 Å². The van der Waals surface area contributed by atoms with Crippen LogP contribution in [-0.2, 0) is 12.8 Å². The van der Waals surface area contributed by atoms with Crippen LogP contribution in [0.1, 0.15) is 49.9 Å². The normalized spacial score (nSPS) is 16.2. The Morgan fingerprint density at radius 3 is 2.59 bits per heavy atom. The minimum Gasteiger partial charge on any atom is -0.184 e. The lowest BCUT2D eigenvalue weighted by Gasteiger charge is -2.08. The molecule has 2 rings (SSSR count). The van der Waals surface area contributed by atoms with Crippen LogP contribution in [0.3, 0.4) is 0 Å². The van der Waals surface area contributed by atoms with Gasteiger partial charge in [-0.1, -0.05) is 6.42 Å². The molecule has 0 aliphatic heterocycles. The quantitative estimate of drug-likeness (QED) is 0.578. The van der Waals surface area contributed by atoms with Crippen LogP contribution in [-0.4, -0.2) is 16.2 Å². The highest BCUT2D eigenvalue weighted by atomic mass is 15.2. The number of azo groups is 1. The smallest absolute Gasteiger partial charge is 0.184 e. The Balaban J connectivity index is 2.34. The van der Waals surface area contributed by atoms with Crippen molar-refractivity contribution in [3.05, 3.63) is 16.8 Å². The molecular weight excluding hydrogens is 212 g/mol. The molecule has 1 aliphatic carbocycles. The number of aryl methyl sites for hydroxylation is 1. The highest BCUT2D eigenvalue weighted by molar-refractivity contribution is 5.43. The van der Waals surface area contributed by atoms with Gasteiger partial charge >= 0.3 is 0 Å². The Kier molecular flexibility index (Phi) is 3.82. The Labute approximate surface area is 103 Å². The summed E-state index contributed by atoms with van der Waals surface area (Å²) in [5, 5.41) is 16.9. The molecule has 1 heterocycles. The fraction of sp³-hybridized carbons (Fsp3) is 0.692. The molecule has 0 bridgehead atoms. The van der Waals surface area contributed by atoms with E-state index in [1.165, 1.54) is 36.1 Å². The molecule has 0 fully saturated rings. The summed E-state index contributed by atoms with van der Waals surface area (Å²) in [4.78, 5) is 0. The second-order valence-corrected chi connectivity index (χ2v) is 4.94. The third-order valence-electron chi connectivity index (χ3n) is 3.13.